The van der Waals surface area contributed by atoms with Gasteiger partial charge in [-0.25, -0.2) is 0 Å². The van der Waals surface area contributed by atoms with Crippen LogP contribution in [0.3, 0.4) is 0 Å². The number of carbonyl (C=O) groups is 1. The van der Waals surface area contributed by atoms with Crippen molar-refractivity contribution in [3.8, 4) is 0 Å². The Morgan fingerprint density at radius 2 is 1.77 bits per heavy atom. The zero-order chi connectivity index (χ0) is 10.7. The van der Waals surface area contributed by atoms with Crippen LogP contribution < -0.4 is 0 Å². The summed E-state index contributed by atoms with van der Waals surface area (Å²) in [5.41, 5.74) is 0. The maximum absolute atomic E-state index is 9.00. The predicted octanol–water partition coefficient (Wildman–Crippen LogP) is 2.43. The first-order valence-electron chi connectivity index (χ1n) is 4.88. The van der Waals surface area contributed by atoms with E-state index in [0.29, 0.717) is 0 Å². The average Bonchev–Trinajstić information content (AvgIpc) is 1.97. The van der Waals surface area contributed by atoms with E-state index in [4.69, 9.17) is 15.0 Å². The van der Waals surface area contributed by atoms with Crippen LogP contribution in [0.1, 0.15) is 52.9 Å². The summed E-state index contributed by atoms with van der Waals surface area (Å²) >= 11 is 0. The summed E-state index contributed by atoms with van der Waals surface area (Å²) in [4.78, 5) is 9.00. The first-order chi connectivity index (χ1) is 6.00. The minimum atomic E-state index is -0.833. The lowest BCUT2D eigenvalue weighted by Gasteiger charge is -2.01. The third kappa shape index (κ3) is 34.5. The Bertz CT molecular complexity index is 107. The van der Waals surface area contributed by atoms with Gasteiger partial charge in [0, 0.05) is 6.92 Å². The molecule has 3 heteroatoms. The van der Waals surface area contributed by atoms with Crippen molar-refractivity contribution in [3.05, 3.63) is 0 Å². The fourth-order valence-corrected chi connectivity index (χ4v) is 0.867. The largest absolute Gasteiger partial charge is 0.481 e. The predicted molar refractivity (Wildman–Crippen MR) is 53.7 cm³/mol. The molecule has 0 aliphatic heterocycles. The third-order valence-electron chi connectivity index (χ3n) is 1.48. The lowest BCUT2D eigenvalue weighted by atomic mass is 10.1. The fraction of sp³-hybridized carbons (Fsp3) is 0.900. The van der Waals surface area contributed by atoms with Crippen LogP contribution >= 0.6 is 0 Å². The van der Waals surface area contributed by atoms with Gasteiger partial charge in [-0.3, -0.25) is 4.79 Å². The van der Waals surface area contributed by atoms with Gasteiger partial charge >= 0.3 is 0 Å². The molecule has 13 heavy (non-hydrogen) atoms. The second kappa shape index (κ2) is 11.4. The van der Waals surface area contributed by atoms with Crippen LogP contribution in [0.2, 0.25) is 0 Å². The van der Waals surface area contributed by atoms with Crippen molar-refractivity contribution < 1.29 is 15.0 Å². The molecule has 0 unspecified atom stereocenters. The number of carboxylic acids is 1. The molecule has 0 saturated heterocycles. The number of aliphatic hydroxyl groups excluding tert-OH is 1. The molecule has 80 valence electrons. The van der Waals surface area contributed by atoms with Gasteiger partial charge in [0.25, 0.3) is 5.97 Å². The van der Waals surface area contributed by atoms with E-state index in [0.717, 1.165) is 13.3 Å². The summed E-state index contributed by atoms with van der Waals surface area (Å²) in [6, 6.07) is 0. The molecule has 2 N–H and O–H groups in total. The zero-order valence-electron chi connectivity index (χ0n) is 8.92. The van der Waals surface area contributed by atoms with E-state index in [9.17, 15) is 0 Å². The highest BCUT2D eigenvalue weighted by atomic mass is 16.4. The van der Waals surface area contributed by atoms with Crippen LogP contribution in [-0.2, 0) is 4.79 Å². The topological polar surface area (TPSA) is 57.5 Å². The van der Waals surface area contributed by atoms with Gasteiger partial charge in [0.15, 0.2) is 0 Å². The van der Waals surface area contributed by atoms with Crippen molar-refractivity contribution in [2.45, 2.75) is 59.0 Å². The van der Waals surface area contributed by atoms with Crippen LogP contribution in [0.4, 0.5) is 0 Å². The number of unbranched alkanes of at least 4 members (excludes halogenated alkanes) is 3. The van der Waals surface area contributed by atoms with Gasteiger partial charge in [0.05, 0.1) is 6.10 Å². The van der Waals surface area contributed by atoms with Gasteiger partial charge in [-0.2, -0.15) is 0 Å². The molecule has 0 aromatic carbocycles. The molecule has 0 aromatic heterocycles. The number of aliphatic hydroxyl groups is 1. The number of carboxylic acid groups (broad SMARTS) is 1. The summed E-state index contributed by atoms with van der Waals surface area (Å²) < 4.78 is 0. The summed E-state index contributed by atoms with van der Waals surface area (Å²) in [7, 11) is 0. The normalized spacial score (nSPS) is 11.4. The minimum absolute atomic E-state index is 0.0955. The molecule has 0 radical (unpaired) electrons. The third-order valence-corrected chi connectivity index (χ3v) is 1.48. The van der Waals surface area contributed by atoms with Gasteiger partial charge in [-0.05, 0) is 13.3 Å². The molecule has 0 rings (SSSR count). The first-order valence-corrected chi connectivity index (χ1v) is 4.88. The highest BCUT2D eigenvalue weighted by molar-refractivity contribution is 5.62. The Morgan fingerprint density at radius 3 is 2.08 bits per heavy atom. The molecular formula is C10H22O3. The lowest BCUT2D eigenvalue weighted by molar-refractivity contribution is -0.134. The standard InChI is InChI=1S/C8H18O.C2H4O2/c1-3-4-5-6-7-8(2)9;1-2(3)4/h8-9H,3-7H2,1-2H3;1H3,(H,3,4)/t8-;/m1./s1. The van der Waals surface area contributed by atoms with Crippen molar-refractivity contribution in [3.63, 3.8) is 0 Å². The molecule has 0 heterocycles. The van der Waals surface area contributed by atoms with Crippen LogP contribution in [-0.4, -0.2) is 22.3 Å². The molecular weight excluding hydrogens is 168 g/mol. The van der Waals surface area contributed by atoms with E-state index in [-0.39, 0.29) is 6.10 Å². The Balaban J connectivity index is 0. The SMILES string of the molecule is CC(=O)O.CCCCCC[C@@H](C)O. The van der Waals surface area contributed by atoms with Crippen LogP contribution in [0, 0.1) is 0 Å². The Kier molecular flexibility index (Phi) is 13.1. The van der Waals surface area contributed by atoms with Crippen LogP contribution in [0.15, 0.2) is 0 Å². The molecule has 3 nitrogen and oxygen atoms in total. The summed E-state index contributed by atoms with van der Waals surface area (Å²) in [6.07, 6.45) is 5.93. The molecule has 0 aliphatic carbocycles. The van der Waals surface area contributed by atoms with Gasteiger partial charge in [0.1, 0.15) is 0 Å². The maximum Gasteiger partial charge on any atom is 0.300 e. The molecule has 0 fully saturated rings. The van der Waals surface area contributed by atoms with E-state index in [2.05, 4.69) is 6.92 Å². The monoisotopic (exact) mass is 190 g/mol. The molecule has 0 amide bonds. The second-order valence-corrected chi connectivity index (χ2v) is 3.22. The highest BCUT2D eigenvalue weighted by Crippen LogP contribution is 2.04. The van der Waals surface area contributed by atoms with Crippen LogP contribution in [0.25, 0.3) is 0 Å². The second-order valence-electron chi connectivity index (χ2n) is 3.22. The average molecular weight is 190 g/mol. The number of hydrogen-bond acceptors (Lipinski definition) is 2. The fourth-order valence-electron chi connectivity index (χ4n) is 0.867. The quantitative estimate of drug-likeness (QED) is 0.654. The van der Waals surface area contributed by atoms with Gasteiger partial charge in [-0.15, -0.1) is 0 Å². The van der Waals surface area contributed by atoms with E-state index in [1.54, 1.807) is 0 Å². The van der Waals surface area contributed by atoms with E-state index >= 15 is 0 Å². The summed E-state index contributed by atoms with van der Waals surface area (Å²) in [6.45, 7) is 5.13. The van der Waals surface area contributed by atoms with Crippen molar-refractivity contribution >= 4 is 5.97 Å². The van der Waals surface area contributed by atoms with Gasteiger partial charge < -0.3 is 10.2 Å². The van der Waals surface area contributed by atoms with E-state index in [1.165, 1.54) is 25.7 Å². The van der Waals surface area contributed by atoms with Crippen molar-refractivity contribution in [2.75, 3.05) is 0 Å². The van der Waals surface area contributed by atoms with Crippen molar-refractivity contribution in [2.24, 2.45) is 0 Å². The van der Waals surface area contributed by atoms with Gasteiger partial charge in [0.2, 0.25) is 0 Å². The highest BCUT2D eigenvalue weighted by Gasteiger charge is 1.93. The molecule has 0 aromatic rings. The first kappa shape index (κ1) is 14.9. The van der Waals surface area contributed by atoms with Crippen LogP contribution in [0.5, 0.6) is 0 Å². The minimum Gasteiger partial charge on any atom is -0.481 e. The van der Waals surface area contributed by atoms with Crippen molar-refractivity contribution in [1.82, 2.24) is 0 Å². The summed E-state index contributed by atoms with van der Waals surface area (Å²) in [5.74, 6) is -0.833. The maximum atomic E-state index is 9.00. The molecule has 1 atom stereocenters. The smallest absolute Gasteiger partial charge is 0.300 e. The molecule has 0 spiro atoms. The Labute approximate surface area is 80.8 Å². The molecule has 0 saturated carbocycles. The molecule has 0 bridgehead atoms. The lowest BCUT2D eigenvalue weighted by Crippen LogP contribution is -1.97. The number of rotatable bonds is 5. The van der Waals surface area contributed by atoms with E-state index < -0.39 is 5.97 Å². The Hall–Kier alpha value is -0.570. The van der Waals surface area contributed by atoms with E-state index in [1.807, 2.05) is 6.92 Å². The zero-order valence-corrected chi connectivity index (χ0v) is 8.92. The molecule has 0 aliphatic rings. The van der Waals surface area contributed by atoms with Crippen molar-refractivity contribution in [1.29, 1.82) is 0 Å². The summed E-state index contributed by atoms with van der Waals surface area (Å²) in [5, 5.41) is 16.3. The number of aliphatic carboxylic acids is 1. The van der Waals surface area contributed by atoms with Gasteiger partial charge in [-0.1, -0.05) is 32.6 Å². The number of hydrogen-bond donors (Lipinski definition) is 2. The Morgan fingerprint density at radius 1 is 1.31 bits per heavy atom.